The third kappa shape index (κ3) is 2.93. The Morgan fingerprint density at radius 2 is 1.52 bits per heavy atom. The van der Waals surface area contributed by atoms with Gasteiger partial charge in [0, 0.05) is 12.1 Å². The van der Waals surface area contributed by atoms with Gasteiger partial charge < -0.3 is 9.47 Å². The summed E-state index contributed by atoms with van der Waals surface area (Å²) in [6, 6.07) is 20.3. The Morgan fingerprint density at radius 1 is 0.739 bits per heavy atom. The average molecular weight is 305 g/mol. The molecule has 0 atom stereocenters. The molecular weight excluding hydrogens is 294 g/mol. The summed E-state index contributed by atoms with van der Waals surface area (Å²) in [5.74, 6) is 2.44. The Balaban J connectivity index is 1.56. The van der Waals surface area contributed by atoms with Crippen LogP contribution in [0.5, 0.6) is 23.1 Å². The van der Waals surface area contributed by atoms with Crippen molar-refractivity contribution in [2.24, 2.45) is 0 Å². The second-order valence-electron chi connectivity index (χ2n) is 4.69. The van der Waals surface area contributed by atoms with Crippen molar-refractivity contribution in [1.82, 2.24) is 25.3 Å². The van der Waals surface area contributed by atoms with Crippen LogP contribution in [0, 0.1) is 0 Å². The van der Waals surface area contributed by atoms with E-state index in [1.807, 2.05) is 48.5 Å². The highest BCUT2D eigenvalue weighted by Gasteiger charge is 2.05. The maximum absolute atomic E-state index is 5.78. The van der Waals surface area contributed by atoms with Crippen LogP contribution in [-0.4, -0.2) is 25.3 Å². The normalized spacial score (nSPS) is 10.6. The summed E-state index contributed by atoms with van der Waals surface area (Å²) >= 11 is 0. The molecule has 0 saturated carbocycles. The van der Waals surface area contributed by atoms with E-state index in [0.29, 0.717) is 23.0 Å². The molecule has 0 unspecified atom stereocenters. The fourth-order valence-electron chi connectivity index (χ4n) is 2.03. The van der Waals surface area contributed by atoms with Crippen molar-refractivity contribution in [2.75, 3.05) is 0 Å². The third-order valence-corrected chi connectivity index (χ3v) is 3.05. The van der Waals surface area contributed by atoms with Crippen LogP contribution in [0.25, 0.3) is 5.65 Å². The molecule has 4 aromatic rings. The van der Waals surface area contributed by atoms with E-state index in [0.717, 1.165) is 5.75 Å². The van der Waals surface area contributed by atoms with Crippen LogP contribution < -0.4 is 9.47 Å². The Bertz CT molecular complexity index is 939. The summed E-state index contributed by atoms with van der Waals surface area (Å²) in [5, 5.41) is 15.2. The Labute approximate surface area is 131 Å². The van der Waals surface area contributed by atoms with E-state index in [4.69, 9.17) is 9.47 Å². The molecule has 0 aliphatic carbocycles. The number of ether oxygens (including phenoxy) is 2. The zero-order valence-corrected chi connectivity index (χ0v) is 11.9. The van der Waals surface area contributed by atoms with Crippen LogP contribution in [0.1, 0.15) is 0 Å². The van der Waals surface area contributed by atoms with Gasteiger partial charge >= 0.3 is 0 Å². The molecule has 0 bridgehead atoms. The number of hydrogen-bond donors (Lipinski definition) is 0. The molecule has 0 spiro atoms. The van der Waals surface area contributed by atoms with Gasteiger partial charge in [-0.3, -0.25) is 0 Å². The van der Waals surface area contributed by atoms with Crippen molar-refractivity contribution < 1.29 is 9.47 Å². The standard InChI is InChI=1S/C16H11N5O2/c1-2-5-12(6-3-1)22-13-7-4-8-14(11-13)23-16-10-9-15-17-19-20-21(15)18-16/h1-11H. The van der Waals surface area contributed by atoms with Gasteiger partial charge in [-0.1, -0.05) is 24.3 Å². The van der Waals surface area contributed by atoms with Crippen LogP contribution in [-0.2, 0) is 0 Å². The quantitative estimate of drug-likeness (QED) is 0.577. The van der Waals surface area contributed by atoms with E-state index in [1.165, 1.54) is 4.63 Å². The van der Waals surface area contributed by atoms with Gasteiger partial charge in [0.2, 0.25) is 5.88 Å². The second kappa shape index (κ2) is 5.72. The van der Waals surface area contributed by atoms with E-state index in [-0.39, 0.29) is 0 Å². The number of rotatable bonds is 4. The maximum atomic E-state index is 5.78. The van der Waals surface area contributed by atoms with Crippen molar-refractivity contribution in [3.05, 3.63) is 66.7 Å². The highest BCUT2D eigenvalue weighted by atomic mass is 16.5. The van der Waals surface area contributed by atoms with Gasteiger partial charge in [-0.25, -0.2) is 0 Å². The second-order valence-corrected chi connectivity index (χ2v) is 4.69. The topological polar surface area (TPSA) is 74.4 Å². The number of hydrogen-bond acceptors (Lipinski definition) is 6. The molecule has 2 aromatic heterocycles. The highest BCUT2D eigenvalue weighted by Crippen LogP contribution is 2.27. The molecule has 0 fully saturated rings. The zero-order chi connectivity index (χ0) is 15.5. The molecule has 4 rings (SSSR count). The number of fused-ring (bicyclic) bond motifs is 1. The van der Waals surface area contributed by atoms with Gasteiger partial charge in [-0.15, -0.1) is 14.8 Å². The molecule has 7 heteroatoms. The van der Waals surface area contributed by atoms with Gasteiger partial charge in [0.1, 0.15) is 17.2 Å². The number of tetrazole rings is 1. The highest BCUT2D eigenvalue weighted by molar-refractivity contribution is 5.39. The molecule has 0 aliphatic heterocycles. The first-order chi connectivity index (χ1) is 11.4. The minimum absolute atomic E-state index is 0.390. The molecule has 112 valence electrons. The van der Waals surface area contributed by atoms with Gasteiger partial charge in [-0.05, 0) is 40.8 Å². The van der Waals surface area contributed by atoms with E-state index in [2.05, 4.69) is 20.6 Å². The summed E-state index contributed by atoms with van der Waals surface area (Å²) in [5.41, 5.74) is 0.554. The predicted octanol–water partition coefficient (Wildman–Crippen LogP) is 3.10. The summed E-state index contributed by atoms with van der Waals surface area (Å²) in [6.45, 7) is 0. The fraction of sp³-hybridized carbons (Fsp3) is 0. The first kappa shape index (κ1) is 13.2. The van der Waals surface area contributed by atoms with Crippen molar-refractivity contribution >= 4 is 5.65 Å². The minimum Gasteiger partial charge on any atom is -0.457 e. The summed E-state index contributed by atoms with van der Waals surface area (Å²) in [6.07, 6.45) is 0. The molecule has 0 amide bonds. The Hall–Kier alpha value is -3.48. The molecule has 2 heterocycles. The van der Waals surface area contributed by atoms with Crippen LogP contribution in [0.3, 0.4) is 0 Å². The summed E-state index contributed by atoms with van der Waals surface area (Å²) in [7, 11) is 0. The van der Waals surface area contributed by atoms with Gasteiger partial charge in [0.15, 0.2) is 5.65 Å². The van der Waals surface area contributed by atoms with Crippen LogP contribution in [0.15, 0.2) is 66.7 Å². The van der Waals surface area contributed by atoms with Crippen molar-refractivity contribution in [1.29, 1.82) is 0 Å². The molecule has 2 aromatic carbocycles. The zero-order valence-electron chi connectivity index (χ0n) is 11.9. The largest absolute Gasteiger partial charge is 0.457 e. The van der Waals surface area contributed by atoms with Gasteiger partial charge in [0.05, 0.1) is 0 Å². The fourth-order valence-corrected chi connectivity index (χ4v) is 2.03. The third-order valence-electron chi connectivity index (χ3n) is 3.05. The maximum Gasteiger partial charge on any atom is 0.239 e. The Morgan fingerprint density at radius 3 is 2.39 bits per heavy atom. The van der Waals surface area contributed by atoms with Crippen LogP contribution in [0.2, 0.25) is 0 Å². The van der Waals surface area contributed by atoms with Crippen LogP contribution in [0.4, 0.5) is 0 Å². The van der Waals surface area contributed by atoms with Gasteiger partial charge in [0.25, 0.3) is 0 Å². The lowest BCUT2D eigenvalue weighted by atomic mass is 10.3. The number of benzene rings is 2. The van der Waals surface area contributed by atoms with E-state index in [9.17, 15) is 0 Å². The summed E-state index contributed by atoms with van der Waals surface area (Å²) < 4.78 is 12.8. The lowest BCUT2D eigenvalue weighted by Crippen LogP contribution is -1.97. The number of para-hydroxylation sites is 1. The van der Waals surface area contributed by atoms with Crippen LogP contribution >= 0.6 is 0 Å². The molecule has 7 nitrogen and oxygen atoms in total. The van der Waals surface area contributed by atoms with Crippen molar-refractivity contribution in [3.63, 3.8) is 0 Å². The molecule has 0 radical (unpaired) electrons. The van der Waals surface area contributed by atoms with E-state index >= 15 is 0 Å². The summed E-state index contributed by atoms with van der Waals surface area (Å²) in [4.78, 5) is 0. The van der Waals surface area contributed by atoms with E-state index in [1.54, 1.807) is 18.2 Å². The Kier molecular flexibility index (Phi) is 3.28. The lowest BCUT2D eigenvalue weighted by molar-refractivity contribution is 0.438. The van der Waals surface area contributed by atoms with E-state index < -0.39 is 0 Å². The molecule has 0 saturated heterocycles. The molecular formula is C16H11N5O2. The van der Waals surface area contributed by atoms with Crippen molar-refractivity contribution in [3.8, 4) is 23.1 Å². The predicted molar refractivity (Wildman–Crippen MR) is 81.6 cm³/mol. The van der Waals surface area contributed by atoms with Gasteiger partial charge in [-0.2, -0.15) is 0 Å². The smallest absolute Gasteiger partial charge is 0.239 e. The first-order valence-corrected chi connectivity index (χ1v) is 6.93. The number of aromatic nitrogens is 5. The molecule has 23 heavy (non-hydrogen) atoms. The monoisotopic (exact) mass is 305 g/mol. The molecule has 0 aliphatic rings. The average Bonchev–Trinajstić information content (AvgIpc) is 3.04. The first-order valence-electron chi connectivity index (χ1n) is 6.93. The lowest BCUT2D eigenvalue weighted by Gasteiger charge is -2.08. The minimum atomic E-state index is 0.390. The molecule has 0 N–H and O–H groups in total. The number of nitrogens with zero attached hydrogens (tertiary/aromatic N) is 5. The van der Waals surface area contributed by atoms with Crippen molar-refractivity contribution in [2.45, 2.75) is 0 Å². The SMILES string of the molecule is c1ccc(Oc2cccc(Oc3ccc4nnnn4n3)c2)cc1.